The van der Waals surface area contributed by atoms with E-state index in [0.717, 1.165) is 24.8 Å². The van der Waals surface area contributed by atoms with Crippen LogP contribution < -0.4 is 5.32 Å². The van der Waals surface area contributed by atoms with Crippen molar-refractivity contribution in [3.8, 4) is 0 Å². The first kappa shape index (κ1) is 16.5. The van der Waals surface area contributed by atoms with Gasteiger partial charge in [0, 0.05) is 23.6 Å². The molecule has 1 heterocycles. The van der Waals surface area contributed by atoms with Crippen molar-refractivity contribution in [3.63, 3.8) is 0 Å². The molecule has 1 saturated heterocycles. The van der Waals surface area contributed by atoms with E-state index in [2.05, 4.69) is 11.9 Å². The minimum Gasteiger partial charge on any atom is -0.454 e. The van der Waals surface area contributed by atoms with Crippen LogP contribution in [0.3, 0.4) is 0 Å². The van der Waals surface area contributed by atoms with Gasteiger partial charge in [-0.15, -0.1) is 0 Å². The fraction of sp³-hybridized carbons (Fsp3) is 0.556. The molecule has 1 amide bonds. The van der Waals surface area contributed by atoms with E-state index in [0.29, 0.717) is 25.0 Å². The molecular weight excluding hydrogens is 278 g/mol. The molecule has 0 unspecified atom stereocenters. The average Bonchev–Trinajstić information content (AvgIpc) is 2.75. The molecule has 4 heteroatoms. The molecule has 1 aliphatic heterocycles. The minimum absolute atomic E-state index is 0.0106. The van der Waals surface area contributed by atoms with Crippen molar-refractivity contribution in [1.82, 2.24) is 5.32 Å². The molecular formula is C18H25NO3. The highest BCUT2D eigenvalue weighted by atomic mass is 16.5. The quantitative estimate of drug-likeness (QED) is 0.495. The second-order valence-corrected chi connectivity index (χ2v) is 6.08. The van der Waals surface area contributed by atoms with Gasteiger partial charge in [-0.25, -0.2) is 4.79 Å². The van der Waals surface area contributed by atoms with Crippen LogP contribution in [0.1, 0.15) is 46.0 Å². The smallest absolute Gasteiger partial charge is 0.334 e. The van der Waals surface area contributed by atoms with E-state index in [1.165, 1.54) is 5.57 Å². The molecule has 2 aliphatic rings. The highest BCUT2D eigenvalue weighted by molar-refractivity contribution is 5.93. The Morgan fingerprint density at radius 1 is 1.45 bits per heavy atom. The number of esters is 1. The van der Waals surface area contributed by atoms with Crippen molar-refractivity contribution < 1.29 is 14.3 Å². The molecule has 1 aliphatic carbocycles. The summed E-state index contributed by atoms with van der Waals surface area (Å²) < 4.78 is 5.41. The molecule has 2 atom stereocenters. The van der Waals surface area contributed by atoms with Gasteiger partial charge in [0.15, 0.2) is 0 Å². The SMILES string of the molecule is C=C1C(=O)O[C@@H]2C=C(C)CCC=C(C(=O)NCCC)CC[C@@H]12. The summed E-state index contributed by atoms with van der Waals surface area (Å²) in [5.41, 5.74) is 2.53. The van der Waals surface area contributed by atoms with Crippen molar-refractivity contribution in [2.45, 2.75) is 52.1 Å². The first-order valence-electron chi connectivity index (χ1n) is 8.07. The zero-order chi connectivity index (χ0) is 16.1. The van der Waals surface area contributed by atoms with Gasteiger partial charge in [-0.1, -0.05) is 25.2 Å². The predicted octanol–water partition coefficient (Wildman–Crippen LogP) is 3.06. The first-order chi connectivity index (χ1) is 10.5. The molecule has 22 heavy (non-hydrogen) atoms. The third-order valence-electron chi connectivity index (χ3n) is 4.28. The monoisotopic (exact) mass is 303 g/mol. The van der Waals surface area contributed by atoms with E-state index >= 15 is 0 Å². The summed E-state index contributed by atoms with van der Waals surface area (Å²) in [6.45, 7) is 8.63. The number of amides is 1. The van der Waals surface area contributed by atoms with Crippen LogP contribution in [0.2, 0.25) is 0 Å². The largest absolute Gasteiger partial charge is 0.454 e. The fourth-order valence-electron chi connectivity index (χ4n) is 2.93. The van der Waals surface area contributed by atoms with Crippen LogP contribution in [0.25, 0.3) is 0 Å². The maximum absolute atomic E-state index is 12.2. The van der Waals surface area contributed by atoms with E-state index in [1.807, 2.05) is 26.0 Å². The lowest BCUT2D eigenvalue weighted by molar-refractivity contribution is -0.137. The van der Waals surface area contributed by atoms with Gasteiger partial charge < -0.3 is 10.1 Å². The summed E-state index contributed by atoms with van der Waals surface area (Å²) in [6.07, 6.45) is 7.84. The Kier molecular flexibility index (Phi) is 5.58. The first-order valence-corrected chi connectivity index (χ1v) is 8.07. The Morgan fingerprint density at radius 2 is 2.23 bits per heavy atom. The molecule has 0 saturated carbocycles. The van der Waals surface area contributed by atoms with Crippen molar-refractivity contribution in [3.05, 3.63) is 35.5 Å². The zero-order valence-corrected chi connectivity index (χ0v) is 13.5. The molecule has 0 aromatic carbocycles. The zero-order valence-electron chi connectivity index (χ0n) is 13.5. The molecule has 0 aromatic heterocycles. The summed E-state index contributed by atoms with van der Waals surface area (Å²) in [6, 6.07) is 0. The van der Waals surface area contributed by atoms with Crippen molar-refractivity contribution in [2.75, 3.05) is 6.54 Å². The van der Waals surface area contributed by atoms with Gasteiger partial charge in [0.05, 0.1) is 0 Å². The molecule has 0 spiro atoms. The third-order valence-corrected chi connectivity index (χ3v) is 4.28. The van der Waals surface area contributed by atoms with Gasteiger partial charge >= 0.3 is 5.97 Å². The Morgan fingerprint density at radius 3 is 2.95 bits per heavy atom. The van der Waals surface area contributed by atoms with Gasteiger partial charge in [-0.3, -0.25) is 4.79 Å². The number of carbonyl (C=O) groups is 2. The molecule has 0 aromatic rings. The van der Waals surface area contributed by atoms with E-state index in [-0.39, 0.29) is 23.9 Å². The molecule has 2 rings (SSSR count). The van der Waals surface area contributed by atoms with Crippen molar-refractivity contribution in [1.29, 1.82) is 0 Å². The number of rotatable bonds is 3. The maximum Gasteiger partial charge on any atom is 0.334 e. The van der Waals surface area contributed by atoms with Gasteiger partial charge in [0.1, 0.15) is 6.10 Å². The fourth-order valence-corrected chi connectivity index (χ4v) is 2.93. The van der Waals surface area contributed by atoms with Gasteiger partial charge in [0.2, 0.25) is 5.91 Å². The van der Waals surface area contributed by atoms with E-state index < -0.39 is 0 Å². The Bertz CT molecular complexity index is 530. The van der Waals surface area contributed by atoms with Crippen LogP contribution in [-0.2, 0) is 14.3 Å². The third kappa shape index (κ3) is 3.87. The van der Waals surface area contributed by atoms with E-state index in [4.69, 9.17) is 4.74 Å². The Labute approximate surface area is 132 Å². The molecule has 0 radical (unpaired) electrons. The summed E-state index contributed by atoms with van der Waals surface area (Å²) in [5.74, 6) is -0.321. The summed E-state index contributed by atoms with van der Waals surface area (Å²) in [5, 5.41) is 2.93. The highest BCUT2D eigenvalue weighted by Crippen LogP contribution is 2.34. The van der Waals surface area contributed by atoms with Gasteiger partial charge in [-0.05, 0) is 45.1 Å². The van der Waals surface area contributed by atoms with Crippen LogP contribution in [-0.4, -0.2) is 24.5 Å². The normalized spacial score (nSPS) is 25.7. The lowest BCUT2D eigenvalue weighted by Crippen LogP contribution is -2.26. The highest BCUT2D eigenvalue weighted by Gasteiger charge is 2.37. The molecule has 4 nitrogen and oxygen atoms in total. The standard InChI is InChI=1S/C18H25NO3/c1-4-10-19-17(20)14-7-5-6-12(2)11-16-15(9-8-14)13(3)18(21)22-16/h7,11,15-16H,3-6,8-10H2,1-2H3,(H,19,20)/t15-,16+/m0/s1. The number of hydrogen-bond donors (Lipinski definition) is 1. The average molecular weight is 303 g/mol. The van der Waals surface area contributed by atoms with Crippen LogP contribution in [0, 0.1) is 5.92 Å². The summed E-state index contributed by atoms with van der Waals surface area (Å²) in [4.78, 5) is 24.0. The lowest BCUT2D eigenvalue weighted by Gasteiger charge is -2.18. The molecule has 1 N–H and O–H groups in total. The van der Waals surface area contributed by atoms with Crippen LogP contribution in [0.5, 0.6) is 0 Å². The maximum atomic E-state index is 12.2. The molecule has 0 bridgehead atoms. The number of ether oxygens (including phenoxy) is 1. The van der Waals surface area contributed by atoms with Crippen LogP contribution >= 0.6 is 0 Å². The van der Waals surface area contributed by atoms with E-state index in [9.17, 15) is 9.59 Å². The summed E-state index contributed by atoms with van der Waals surface area (Å²) >= 11 is 0. The van der Waals surface area contributed by atoms with Crippen molar-refractivity contribution in [2.24, 2.45) is 5.92 Å². The van der Waals surface area contributed by atoms with Crippen LogP contribution in [0.4, 0.5) is 0 Å². The van der Waals surface area contributed by atoms with Gasteiger partial charge in [0.25, 0.3) is 0 Å². The second-order valence-electron chi connectivity index (χ2n) is 6.08. The molecule has 1 fully saturated rings. The lowest BCUT2D eigenvalue weighted by atomic mass is 9.87. The Hall–Kier alpha value is -1.84. The summed E-state index contributed by atoms with van der Waals surface area (Å²) in [7, 11) is 0. The number of allylic oxidation sites excluding steroid dienone is 2. The number of carbonyl (C=O) groups excluding carboxylic acids is 2. The minimum atomic E-state index is -0.306. The molecule has 120 valence electrons. The topological polar surface area (TPSA) is 55.4 Å². The second kappa shape index (κ2) is 7.43. The Balaban J connectivity index is 2.15. The number of nitrogens with one attached hydrogen (secondary N) is 1. The van der Waals surface area contributed by atoms with Gasteiger partial charge in [-0.2, -0.15) is 0 Å². The van der Waals surface area contributed by atoms with E-state index in [1.54, 1.807) is 0 Å². The predicted molar refractivity (Wildman–Crippen MR) is 86.1 cm³/mol. The number of fused-ring (bicyclic) bond motifs is 1. The van der Waals surface area contributed by atoms with Crippen LogP contribution in [0.15, 0.2) is 35.5 Å². The van der Waals surface area contributed by atoms with Crippen molar-refractivity contribution >= 4 is 11.9 Å². The number of hydrogen-bond acceptors (Lipinski definition) is 3.